The molecule has 0 saturated heterocycles. The standard InChI is InChI=1S/C36H47N5O6S/c1-21(2)15-28-20-47-32-25(6)31(30-22(3)11-9-12-23(30)4)38-34(39-32)40-48(44,45)29-14-10-13-26(16-29)33(42)41(28)24(5)17-36(7)18-27(19-36)37-35(43)46-8/h9-14,16,21,24,27-28H,15,17-20H2,1-8H3,(H,37,43)(H,38,39,40)/t24?,27-,28-,36-/m1/s1. The first-order chi connectivity index (χ1) is 22.6. The summed E-state index contributed by atoms with van der Waals surface area (Å²) in [5.74, 6) is 0.0990. The number of hydrogen-bond donors (Lipinski definition) is 2. The van der Waals surface area contributed by atoms with Crippen molar-refractivity contribution in [3.05, 3.63) is 64.7 Å². The molecular formula is C36H47N5O6S. The van der Waals surface area contributed by atoms with Crippen LogP contribution in [-0.2, 0) is 14.8 Å². The van der Waals surface area contributed by atoms with E-state index in [4.69, 9.17) is 14.5 Å². The zero-order valence-corrected chi connectivity index (χ0v) is 29.9. The van der Waals surface area contributed by atoms with Crippen molar-refractivity contribution in [2.24, 2.45) is 11.3 Å². The molecule has 48 heavy (non-hydrogen) atoms. The predicted octanol–water partition coefficient (Wildman–Crippen LogP) is 6.42. The van der Waals surface area contributed by atoms with Crippen molar-refractivity contribution in [3.63, 3.8) is 0 Å². The molecule has 5 rings (SSSR count). The molecule has 0 spiro atoms. The van der Waals surface area contributed by atoms with Gasteiger partial charge in [-0.05, 0) is 94.0 Å². The summed E-state index contributed by atoms with van der Waals surface area (Å²) in [6.45, 7) is 14.4. The molecule has 0 radical (unpaired) electrons. The van der Waals surface area contributed by atoms with Crippen LogP contribution in [-0.4, -0.2) is 67.1 Å². The number of sulfonamides is 1. The minimum atomic E-state index is -4.17. The zero-order valence-electron chi connectivity index (χ0n) is 29.1. The lowest BCUT2D eigenvalue weighted by molar-refractivity contribution is 0.0198. The first-order valence-corrected chi connectivity index (χ1v) is 18.0. The van der Waals surface area contributed by atoms with E-state index in [1.54, 1.807) is 12.1 Å². The van der Waals surface area contributed by atoms with Gasteiger partial charge in [-0.3, -0.25) is 4.79 Å². The molecule has 2 N–H and O–H groups in total. The number of carbonyl (C=O) groups is 2. The van der Waals surface area contributed by atoms with Crippen LogP contribution in [0.3, 0.4) is 0 Å². The normalized spacial score (nSPS) is 22.6. The number of anilines is 1. The van der Waals surface area contributed by atoms with Gasteiger partial charge in [-0.25, -0.2) is 22.9 Å². The van der Waals surface area contributed by atoms with Crippen molar-refractivity contribution in [1.82, 2.24) is 20.2 Å². The third-order valence-electron chi connectivity index (χ3n) is 9.47. The van der Waals surface area contributed by atoms with Crippen molar-refractivity contribution in [2.75, 3.05) is 18.4 Å². The number of ether oxygens (including phenoxy) is 2. The van der Waals surface area contributed by atoms with E-state index >= 15 is 0 Å². The van der Waals surface area contributed by atoms with Gasteiger partial charge in [0.1, 0.15) is 6.61 Å². The molecule has 2 atom stereocenters. The molecule has 1 unspecified atom stereocenters. The first kappa shape index (κ1) is 35.1. The number of nitrogens with zero attached hydrogens (tertiary/aromatic N) is 3. The SMILES string of the molecule is COC(=O)N[C@H]1C[C@](C)(CC(C)N2C(=O)c3cccc(c3)S(=O)(=O)Nc3nc(c(C)c(-c4c(C)cccc4C)n3)OC[C@H]2CC(C)C)C1. The predicted molar refractivity (Wildman–Crippen MR) is 185 cm³/mol. The van der Waals surface area contributed by atoms with Crippen molar-refractivity contribution >= 4 is 28.0 Å². The van der Waals surface area contributed by atoms with E-state index in [-0.39, 0.29) is 64.3 Å². The Labute approximate surface area is 283 Å². The van der Waals surface area contributed by atoms with Crippen LogP contribution in [0.1, 0.15) is 80.4 Å². The van der Waals surface area contributed by atoms with E-state index in [0.29, 0.717) is 24.1 Å². The van der Waals surface area contributed by atoms with E-state index in [0.717, 1.165) is 29.5 Å². The number of rotatable bonds is 7. The molecule has 1 saturated carbocycles. The van der Waals surface area contributed by atoms with E-state index < -0.39 is 16.1 Å². The van der Waals surface area contributed by atoms with E-state index in [2.05, 4.69) is 35.8 Å². The lowest BCUT2D eigenvalue weighted by atomic mass is 9.63. The minimum Gasteiger partial charge on any atom is -0.475 e. The Hall–Kier alpha value is -4.19. The number of fused-ring (bicyclic) bond motifs is 4. The molecule has 2 heterocycles. The largest absolute Gasteiger partial charge is 0.475 e. The molecule has 1 fully saturated rings. The van der Waals surface area contributed by atoms with Crippen LogP contribution in [0.2, 0.25) is 0 Å². The Bertz CT molecular complexity index is 1780. The van der Waals surface area contributed by atoms with Gasteiger partial charge in [-0.15, -0.1) is 0 Å². The van der Waals surface area contributed by atoms with Gasteiger partial charge in [-0.2, -0.15) is 4.98 Å². The van der Waals surface area contributed by atoms with Crippen LogP contribution in [0.15, 0.2) is 47.4 Å². The Morgan fingerprint density at radius 3 is 2.42 bits per heavy atom. The highest BCUT2D eigenvalue weighted by Gasteiger charge is 2.44. The van der Waals surface area contributed by atoms with Gasteiger partial charge in [0.2, 0.25) is 11.8 Å². The van der Waals surface area contributed by atoms with Gasteiger partial charge in [0.15, 0.2) is 0 Å². The van der Waals surface area contributed by atoms with Crippen molar-refractivity contribution < 1.29 is 27.5 Å². The number of benzene rings is 2. The molecule has 1 aliphatic heterocycles. The fraction of sp³-hybridized carbons (Fsp3) is 0.500. The number of carbonyl (C=O) groups excluding carboxylic acids is 2. The van der Waals surface area contributed by atoms with Crippen LogP contribution < -0.4 is 14.8 Å². The number of nitrogens with one attached hydrogen (secondary N) is 2. The fourth-order valence-electron chi connectivity index (χ4n) is 7.38. The van der Waals surface area contributed by atoms with Crippen LogP contribution >= 0.6 is 0 Å². The van der Waals surface area contributed by atoms with Crippen LogP contribution in [0.4, 0.5) is 10.7 Å². The van der Waals surface area contributed by atoms with Crippen molar-refractivity contribution in [2.45, 2.75) is 97.2 Å². The molecule has 1 aliphatic carbocycles. The zero-order chi connectivity index (χ0) is 35.0. The second-order valence-corrected chi connectivity index (χ2v) is 15.8. The summed E-state index contributed by atoms with van der Waals surface area (Å²) in [5, 5.41) is 2.88. The Kier molecular flexibility index (Phi) is 10.1. The third kappa shape index (κ3) is 7.43. The van der Waals surface area contributed by atoms with Gasteiger partial charge in [0, 0.05) is 28.8 Å². The average Bonchev–Trinajstić information content (AvgIpc) is 3.00. The number of aromatic nitrogens is 2. The Morgan fingerprint density at radius 1 is 1.10 bits per heavy atom. The molecule has 11 nitrogen and oxygen atoms in total. The van der Waals surface area contributed by atoms with Gasteiger partial charge in [0.05, 0.1) is 23.7 Å². The van der Waals surface area contributed by atoms with Gasteiger partial charge >= 0.3 is 6.09 Å². The summed E-state index contributed by atoms with van der Waals surface area (Å²) in [5.41, 5.74) is 4.24. The maximum absolute atomic E-state index is 14.5. The first-order valence-electron chi connectivity index (χ1n) is 16.5. The highest BCUT2D eigenvalue weighted by atomic mass is 32.2. The monoisotopic (exact) mass is 677 g/mol. The summed E-state index contributed by atoms with van der Waals surface area (Å²) in [4.78, 5) is 37.4. The van der Waals surface area contributed by atoms with E-state index in [9.17, 15) is 18.0 Å². The maximum atomic E-state index is 14.5. The summed E-state index contributed by atoms with van der Waals surface area (Å²) >= 11 is 0. The number of methoxy groups -OCH3 is 1. The fourth-order valence-corrected chi connectivity index (χ4v) is 8.37. The van der Waals surface area contributed by atoms with E-state index in [1.165, 1.54) is 19.2 Å². The highest BCUT2D eigenvalue weighted by Crippen LogP contribution is 2.46. The third-order valence-corrected chi connectivity index (χ3v) is 10.8. The molecule has 258 valence electrons. The topological polar surface area (TPSA) is 140 Å². The number of aryl methyl sites for hydroxylation is 2. The van der Waals surface area contributed by atoms with Gasteiger partial charge < -0.3 is 19.7 Å². The molecular weight excluding hydrogens is 630 g/mol. The van der Waals surface area contributed by atoms with Crippen molar-refractivity contribution in [3.8, 4) is 17.1 Å². The quantitative estimate of drug-likeness (QED) is 0.292. The number of amides is 2. The van der Waals surface area contributed by atoms with Crippen LogP contribution in [0.5, 0.6) is 5.88 Å². The highest BCUT2D eigenvalue weighted by molar-refractivity contribution is 7.92. The van der Waals surface area contributed by atoms with Crippen molar-refractivity contribution in [1.29, 1.82) is 0 Å². The Morgan fingerprint density at radius 2 is 1.77 bits per heavy atom. The van der Waals surface area contributed by atoms with E-state index in [1.807, 2.05) is 50.8 Å². The Balaban J connectivity index is 1.59. The molecule has 2 aromatic carbocycles. The average molecular weight is 678 g/mol. The second-order valence-electron chi connectivity index (χ2n) is 14.1. The van der Waals surface area contributed by atoms with Crippen LogP contribution in [0, 0.1) is 32.1 Å². The van der Waals surface area contributed by atoms with Gasteiger partial charge in [0.25, 0.3) is 15.9 Å². The minimum absolute atomic E-state index is 0.00520. The summed E-state index contributed by atoms with van der Waals surface area (Å²) < 4.78 is 41.3. The number of hydrogen-bond acceptors (Lipinski definition) is 8. The molecule has 1 aromatic heterocycles. The second kappa shape index (κ2) is 13.7. The molecule has 2 aliphatic rings. The summed E-state index contributed by atoms with van der Waals surface area (Å²) in [7, 11) is -2.82. The lowest BCUT2D eigenvalue weighted by Crippen LogP contribution is -2.54. The maximum Gasteiger partial charge on any atom is 0.407 e. The molecule has 2 amide bonds. The lowest BCUT2D eigenvalue weighted by Gasteiger charge is -2.49. The smallest absolute Gasteiger partial charge is 0.407 e. The molecule has 12 heteroatoms. The molecule has 3 aromatic rings. The number of alkyl carbamates (subject to hydrolysis) is 1. The summed E-state index contributed by atoms with van der Waals surface area (Å²) in [6.07, 6.45) is 2.38. The van der Waals surface area contributed by atoms with Crippen LogP contribution in [0.25, 0.3) is 11.3 Å². The van der Waals surface area contributed by atoms with Gasteiger partial charge in [-0.1, -0.05) is 45.0 Å². The molecule has 4 bridgehead atoms. The summed E-state index contributed by atoms with van der Waals surface area (Å²) in [6, 6.07) is 11.5.